The van der Waals surface area contributed by atoms with Gasteiger partial charge in [-0.25, -0.2) is 0 Å². The van der Waals surface area contributed by atoms with Gasteiger partial charge in [0.05, 0.1) is 0 Å². The molecule has 0 aromatic heterocycles. The fraction of sp³-hybridized carbons (Fsp3) is 0.900. The molecule has 2 N–H and O–H groups in total. The lowest BCUT2D eigenvalue weighted by molar-refractivity contribution is -0.138. The van der Waals surface area contributed by atoms with Gasteiger partial charge in [-0.15, -0.1) is 0 Å². The Hall–Kier alpha value is -1.32. The van der Waals surface area contributed by atoms with Crippen molar-refractivity contribution < 1.29 is 19.8 Å². The molecule has 4 nitrogen and oxygen atoms in total. The number of carboxylic acids is 2. The molecule has 0 radical (unpaired) electrons. The zero-order valence-corrected chi connectivity index (χ0v) is 29.6. The van der Waals surface area contributed by atoms with Gasteiger partial charge in [0.25, 0.3) is 0 Å². The van der Waals surface area contributed by atoms with E-state index in [2.05, 4.69) is 26.0 Å². The normalized spacial score (nSPS) is 13.0. The minimum Gasteiger partial charge on any atom is -0.481 e. The Morgan fingerprint density at radius 2 is 0.727 bits per heavy atom. The van der Waals surface area contributed by atoms with Crippen LogP contribution in [0.4, 0.5) is 0 Å². The van der Waals surface area contributed by atoms with Gasteiger partial charge in [-0.3, -0.25) is 9.59 Å². The van der Waals surface area contributed by atoms with Crippen LogP contribution < -0.4 is 0 Å². The summed E-state index contributed by atoms with van der Waals surface area (Å²) in [5, 5.41) is 17.8. The lowest BCUT2D eigenvalue weighted by Gasteiger charge is -2.28. The second-order valence-corrected chi connectivity index (χ2v) is 13.8. The molecule has 44 heavy (non-hydrogen) atoms. The number of aliphatic carboxylic acids is 2. The van der Waals surface area contributed by atoms with Crippen molar-refractivity contribution in [2.75, 3.05) is 0 Å². The average Bonchev–Trinajstić information content (AvgIpc) is 3.00. The van der Waals surface area contributed by atoms with Crippen LogP contribution in [0.15, 0.2) is 12.2 Å². The zero-order chi connectivity index (χ0) is 32.4. The van der Waals surface area contributed by atoms with E-state index >= 15 is 0 Å². The molecule has 0 bridgehead atoms. The maximum absolute atomic E-state index is 10.8. The van der Waals surface area contributed by atoms with Gasteiger partial charge in [0.1, 0.15) is 0 Å². The first-order valence-corrected chi connectivity index (χ1v) is 19.6. The highest BCUT2D eigenvalue weighted by Crippen LogP contribution is 2.33. The van der Waals surface area contributed by atoms with Crippen LogP contribution in [0.1, 0.15) is 219 Å². The molecule has 0 aromatic carbocycles. The minimum atomic E-state index is -0.665. The van der Waals surface area contributed by atoms with Crippen molar-refractivity contribution in [3.05, 3.63) is 12.2 Å². The van der Waals surface area contributed by atoms with E-state index in [0.29, 0.717) is 12.8 Å². The standard InChI is InChI=1S/C40H76O4/c1-3-5-7-9-11-13-15-20-26-32-38(34-28-22-18-24-30-36-40(43)44)37(31-25-19-14-12-10-8-6-4-2)33-27-21-16-17-23-29-35-39(41)42/h15,20,37-38H,3-14,16-19,21-36H2,1-2H3,(H,41,42)(H,43,44)/b20-15+. The van der Waals surface area contributed by atoms with E-state index in [1.165, 1.54) is 167 Å². The number of allylic oxidation sites excluding steroid dienone is 2. The summed E-state index contributed by atoms with van der Waals surface area (Å²) in [6.07, 6.45) is 43.7. The fourth-order valence-corrected chi connectivity index (χ4v) is 6.79. The predicted molar refractivity (Wildman–Crippen MR) is 190 cm³/mol. The summed E-state index contributed by atoms with van der Waals surface area (Å²) in [5.41, 5.74) is 0. The maximum Gasteiger partial charge on any atom is 0.303 e. The first-order chi connectivity index (χ1) is 21.5. The zero-order valence-electron chi connectivity index (χ0n) is 29.6. The summed E-state index contributed by atoms with van der Waals surface area (Å²) in [6, 6.07) is 0. The summed E-state index contributed by atoms with van der Waals surface area (Å²) in [5.74, 6) is 0.310. The number of rotatable bonds is 36. The maximum atomic E-state index is 10.8. The number of hydrogen-bond donors (Lipinski definition) is 2. The van der Waals surface area contributed by atoms with Crippen molar-refractivity contribution >= 4 is 11.9 Å². The molecule has 4 heteroatoms. The van der Waals surface area contributed by atoms with Crippen LogP contribution in [-0.2, 0) is 9.59 Å². The van der Waals surface area contributed by atoms with Crippen LogP contribution in [0.5, 0.6) is 0 Å². The average molecular weight is 621 g/mol. The van der Waals surface area contributed by atoms with Gasteiger partial charge in [0.2, 0.25) is 0 Å². The van der Waals surface area contributed by atoms with E-state index in [9.17, 15) is 9.59 Å². The van der Waals surface area contributed by atoms with E-state index in [1.54, 1.807) is 0 Å². The molecule has 0 saturated carbocycles. The van der Waals surface area contributed by atoms with E-state index in [0.717, 1.165) is 37.5 Å². The fourth-order valence-electron chi connectivity index (χ4n) is 6.79. The molecule has 0 rings (SSSR count). The Labute approximate surface area is 274 Å². The Morgan fingerprint density at radius 1 is 0.409 bits per heavy atom. The van der Waals surface area contributed by atoms with Gasteiger partial charge < -0.3 is 10.2 Å². The van der Waals surface area contributed by atoms with Crippen LogP contribution >= 0.6 is 0 Å². The van der Waals surface area contributed by atoms with Crippen molar-refractivity contribution in [3.63, 3.8) is 0 Å². The third kappa shape index (κ3) is 32.1. The molecule has 2 unspecified atom stereocenters. The first kappa shape index (κ1) is 42.7. The highest BCUT2D eigenvalue weighted by Gasteiger charge is 2.20. The second-order valence-electron chi connectivity index (χ2n) is 13.8. The molecule has 0 heterocycles. The van der Waals surface area contributed by atoms with Crippen molar-refractivity contribution in [2.45, 2.75) is 219 Å². The van der Waals surface area contributed by atoms with Crippen LogP contribution in [0.25, 0.3) is 0 Å². The summed E-state index contributed by atoms with van der Waals surface area (Å²) in [4.78, 5) is 21.6. The van der Waals surface area contributed by atoms with E-state index in [4.69, 9.17) is 10.2 Å². The number of hydrogen-bond acceptors (Lipinski definition) is 2. The Morgan fingerprint density at radius 3 is 1.14 bits per heavy atom. The molecular weight excluding hydrogens is 544 g/mol. The largest absolute Gasteiger partial charge is 0.481 e. The molecule has 0 aliphatic carbocycles. The summed E-state index contributed by atoms with van der Waals surface area (Å²) >= 11 is 0. The molecule has 0 aromatic rings. The van der Waals surface area contributed by atoms with Crippen LogP contribution in [0.2, 0.25) is 0 Å². The van der Waals surface area contributed by atoms with Crippen LogP contribution in [0.3, 0.4) is 0 Å². The van der Waals surface area contributed by atoms with Gasteiger partial charge >= 0.3 is 11.9 Å². The molecule has 260 valence electrons. The number of carboxylic acid groups (broad SMARTS) is 2. The predicted octanol–water partition coefficient (Wildman–Crippen LogP) is 13.5. The van der Waals surface area contributed by atoms with Gasteiger partial charge in [0, 0.05) is 12.8 Å². The van der Waals surface area contributed by atoms with E-state index in [-0.39, 0.29) is 0 Å². The number of unbranched alkanes of at least 4 members (excludes halogenated alkanes) is 21. The lowest BCUT2D eigenvalue weighted by Crippen LogP contribution is -2.16. The molecule has 0 amide bonds. The SMILES string of the molecule is CCCCCCC/C=C/CCC(CCCCCCCC(=O)O)C(CCCCCCCCCC)CCCCCCCCC(=O)O. The molecule has 0 aliphatic heterocycles. The van der Waals surface area contributed by atoms with Crippen molar-refractivity contribution in [2.24, 2.45) is 11.8 Å². The van der Waals surface area contributed by atoms with E-state index in [1.807, 2.05) is 0 Å². The van der Waals surface area contributed by atoms with E-state index < -0.39 is 11.9 Å². The van der Waals surface area contributed by atoms with Crippen LogP contribution in [0, 0.1) is 11.8 Å². The molecular formula is C40H76O4. The van der Waals surface area contributed by atoms with Gasteiger partial charge in [-0.1, -0.05) is 180 Å². The molecule has 0 fully saturated rings. The molecule has 0 aliphatic rings. The number of carbonyl (C=O) groups is 2. The molecule has 0 spiro atoms. The van der Waals surface area contributed by atoms with Gasteiger partial charge in [0.15, 0.2) is 0 Å². The van der Waals surface area contributed by atoms with Crippen LogP contribution in [-0.4, -0.2) is 22.2 Å². The Balaban J connectivity index is 4.89. The van der Waals surface area contributed by atoms with Crippen molar-refractivity contribution in [3.8, 4) is 0 Å². The summed E-state index contributed by atoms with van der Waals surface area (Å²) in [6.45, 7) is 4.57. The third-order valence-electron chi connectivity index (χ3n) is 9.62. The Kier molecular flexibility index (Phi) is 33.5. The summed E-state index contributed by atoms with van der Waals surface area (Å²) in [7, 11) is 0. The minimum absolute atomic E-state index is 0.313. The third-order valence-corrected chi connectivity index (χ3v) is 9.62. The van der Waals surface area contributed by atoms with Crippen molar-refractivity contribution in [1.29, 1.82) is 0 Å². The topological polar surface area (TPSA) is 74.6 Å². The smallest absolute Gasteiger partial charge is 0.303 e. The monoisotopic (exact) mass is 621 g/mol. The molecule has 2 atom stereocenters. The Bertz CT molecular complexity index is 643. The first-order valence-electron chi connectivity index (χ1n) is 19.6. The van der Waals surface area contributed by atoms with Gasteiger partial charge in [-0.05, 0) is 50.4 Å². The highest BCUT2D eigenvalue weighted by molar-refractivity contribution is 5.66. The van der Waals surface area contributed by atoms with Crippen molar-refractivity contribution in [1.82, 2.24) is 0 Å². The lowest BCUT2D eigenvalue weighted by atomic mass is 9.78. The summed E-state index contributed by atoms with van der Waals surface area (Å²) < 4.78 is 0. The quantitative estimate of drug-likeness (QED) is 0.0540. The van der Waals surface area contributed by atoms with Gasteiger partial charge in [-0.2, -0.15) is 0 Å². The highest BCUT2D eigenvalue weighted by atomic mass is 16.4. The molecule has 0 saturated heterocycles. The second kappa shape index (κ2) is 34.6.